The van der Waals surface area contributed by atoms with Crippen LogP contribution < -0.4 is 9.80 Å². The van der Waals surface area contributed by atoms with E-state index in [1.165, 1.54) is 65.3 Å². The topological polar surface area (TPSA) is 6.48 Å². The van der Waals surface area contributed by atoms with Crippen molar-refractivity contribution in [1.82, 2.24) is 0 Å². The highest BCUT2D eigenvalue weighted by Gasteiger charge is 2.30. The summed E-state index contributed by atoms with van der Waals surface area (Å²) in [6, 6.07) is 64.0. The molecule has 0 unspecified atom stereocenters. The predicted octanol–water partition coefficient (Wildman–Crippen LogP) is 18.4. The lowest BCUT2D eigenvalue weighted by atomic mass is 9.74. The van der Waals surface area contributed by atoms with Gasteiger partial charge in [0.05, 0.1) is 0 Å². The summed E-state index contributed by atoms with van der Waals surface area (Å²) in [4.78, 5) is 4.90. The maximum absolute atomic E-state index is 2.48. The van der Waals surface area contributed by atoms with Gasteiger partial charge in [0, 0.05) is 34.1 Å². The second-order valence-corrected chi connectivity index (χ2v) is 22.0. The first kappa shape index (κ1) is 42.9. The predicted molar refractivity (Wildman–Crippen MR) is 281 cm³/mol. The first-order valence-corrected chi connectivity index (χ1v) is 23.1. The third-order valence-electron chi connectivity index (χ3n) is 13.1. The van der Waals surface area contributed by atoms with Gasteiger partial charge in [0.15, 0.2) is 0 Å². The van der Waals surface area contributed by atoms with E-state index in [0.29, 0.717) is 0 Å². The summed E-state index contributed by atoms with van der Waals surface area (Å²) >= 11 is 0. The van der Waals surface area contributed by atoms with Crippen LogP contribution in [0.5, 0.6) is 0 Å². The van der Waals surface area contributed by atoms with E-state index in [9.17, 15) is 0 Å². The van der Waals surface area contributed by atoms with Crippen LogP contribution in [0.25, 0.3) is 43.1 Å². The van der Waals surface area contributed by atoms with Crippen molar-refractivity contribution >= 4 is 77.2 Å². The zero-order chi connectivity index (χ0) is 45.3. The average molecular weight is 837 g/mol. The summed E-state index contributed by atoms with van der Waals surface area (Å²) in [5.41, 5.74) is 12.0. The lowest BCUT2D eigenvalue weighted by Gasteiger charge is -2.33. The van der Waals surface area contributed by atoms with Crippen molar-refractivity contribution in [3.63, 3.8) is 0 Å². The third-order valence-corrected chi connectivity index (χ3v) is 13.1. The van der Waals surface area contributed by atoms with Crippen LogP contribution in [0.4, 0.5) is 34.1 Å². The highest BCUT2D eigenvalue weighted by molar-refractivity contribution is 6.10. The van der Waals surface area contributed by atoms with Crippen LogP contribution in [0, 0.1) is 0 Å². The van der Waals surface area contributed by atoms with Gasteiger partial charge in [-0.25, -0.2) is 0 Å². The second-order valence-electron chi connectivity index (χ2n) is 22.0. The Kier molecular flexibility index (Phi) is 10.5. The fourth-order valence-corrected chi connectivity index (χ4v) is 9.85. The van der Waals surface area contributed by atoms with Crippen LogP contribution in [0.2, 0.25) is 0 Å². The van der Waals surface area contributed by atoms with E-state index in [4.69, 9.17) is 0 Å². The summed E-state index contributed by atoms with van der Waals surface area (Å²) in [6.07, 6.45) is 0. The Morgan fingerprint density at radius 3 is 0.891 bits per heavy atom. The molecule has 322 valence electrons. The monoisotopic (exact) mass is 837 g/mol. The summed E-state index contributed by atoms with van der Waals surface area (Å²) in [5, 5.41) is 10.1. The van der Waals surface area contributed by atoms with E-state index in [-0.39, 0.29) is 21.7 Å². The van der Waals surface area contributed by atoms with Crippen molar-refractivity contribution < 1.29 is 0 Å². The molecule has 0 spiro atoms. The normalized spacial score (nSPS) is 12.7. The summed E-state index contributed by atoms with van der Waals surface area (Å²) in [6.45, 7) is 28.0. The zero-order valence-electron chi connectivity index (χ0n) is 40.1. The van der Waals surface area contributed by atoms with Crippen LogP contribution in [0.15, 0.2) is 170 Å². The maximum atomic E-state index is 2.48. The van der Waals surface area contributed by atoms with Gasteiger partial charge in [-0.2, -0.15) is 0 Å². The fraction of sp³-hybridized carbons (Fsp3) is 0.258. The van der Waals surface area contributed by atoms with Crippen LogP contribution in [-0.4, -0.2) is 0 Å². The molecule has 9 aromatic rings. The van der Waals surface area contributed by atoms with E-state index >= 15 is 0 Å². The highest BCUT2D eigenvalue weighted by atomic mass is 15.1. The van der Waals surface area contributed by atoms with Gasteiger partial charge in [0.2, 0.25) is 0 Å². The molecule has 0 atom stereocenters. The first-order valence-electron chi connectivity index (χ1n) is 23.1. The number of hydrogen-bond acceptors (Lipinski definition) is 2. The number of hydrogen-bond donors (Lipinski definition) is 0. The van der Waals surface area contributed by atoms with Gasteiger partial charge in [-0.1, -0.05) is 180 Å². The van der Waals surface area contributed by atoms with Gasteiger partial charge in [0.25, 0.3) is 0 Å². The van der Waals surface area contributed by atoms with Crippen molar-refractivity contribution in [3.8, 4) is 0 Å². The Labute approximate surface area is 382 Å². The molecule has 9 rings (SSSR count). The fourth-order valence-electron chi connectivity index (χ4n) is 9.85. The van der Waals surface area contributed by atoms with Gasteiger partial charge in [-0.3, -0.25) is 0 Å². The molecule has 0 saturated heterocycles. The molecule has 0 aromatic heterocycles. The van der Waals surface area contributed by atoms with Crippen molar-refractivity contribution in [2.75, 3.05) is 9.80 Å². The highest BCUT2D eigenvalue weighted by Crippen LogP contribution is 2.48. The van der Waals surface area contributed by atoms with Gasteiger partial charge in [0.1, 0.15) is 0 Å². The number of fused-ring (bicyclic) bond motifs is 4. The van der Waals surface area contributed by atoms with Crippen molar-refractivity contribution in [1.29, 1.82) is 0 Å². The number of anilines is 6. The van der Waals surface area contributed by atoms with Crippen molar-refractivity contribution in [2.24, 2.45) is 0 Å². The molecule has 0 aliphatic heterocycles. The van der Waals surface area contributed by atoms with Gasteiger partial charge < -0.3 is 9.80 Å². The quantitative estimate of drug-likeness (QED) is 0.154. The molecule has 0 saturated carbocycles. The minimum atomic E-state index is -0.186. The van der Waals surface area contributed by atoms with Gasteiger partial charge >= 0.3 is 0 Å². The van der Waals surface area contributed by atoms with E-state index < -0.39 is 0 Å². The van der Waals surface area contributed by atoms with E-state index in [0.717, 1.165) is 34.1 Å². The summed E-state index contributed by atoms with van der Waals surface area (Å²) < 4.78 is 0. The maximum Gasteiger partial charge on any atom is 0.0468 e. The molecule has 2 heteroatoms. The molecular weight excluding hydrogens is 773 g/mol. The van der Waals surface area contributed by atoms with E-state index in [1.54, 1.807) is 0 Å². The number of benzene rings is 9. The Bertz CT molecular complexity index is 2980. The zero-order valence-corrected chi connectivity index (χ0v) is 40.1. The van der Waals surface area contributed by atoms with Crippen LogP contribution >= 0.6 is 0 Å². The molecule has 0 radical (unpaired) electrons. The van der Waals surface area contributed by atoms with E-state index in [1.807, 2.05) is 0 Å². The lowest BCUT2D eigenvalue weighted by Crippen LogP contribution is -2.19. The molecule has 0 fully saturated rings. The lowest BCUT2D eigenvalue weighted by molar-refractivity contribution is 0.590. The Balaban J connectivity index is 1.32. The van der Waals surface area contributed by atoms with E-state index in [2.05, 4.69) is 263 Å². The van der Waals surface area contributed by atoms with Crippen LogP contribution in [0.3, 0.4) is 0 Å². The third kappa shape index (κ3) is 8.04. The molecular formula is C62H64N2. The largest absolute Gasteiger partial charge is 0.310 e. The van der Waals surface area contributed by atoms with Gasteiger partial charge in [-0.05, 0) is 160 Å². The standard InChI is InChI=1S/C62H64N2/c1-59(2,3)45-23-29-47(30-24-45)63(49-27-21-41-17-13-15-19-43(41)37-49)51-33-35-53-55(39-51)58(62(10,11)12)56-40-52(34-36-54(56)57(53)61(7,8)9)64(48-31-25-46(26-32-48)60(4,5)6)50-28-22-42-18-14-16-20-44(42)38-50/h13-40H,1-12H3. The second kappa shape index (κ2) is 15.7. The van der Waals surface area contributed by atoms with Crippen LogP contribution in [0.1, 0.15) is 105 Å². The number of rotatable bonds is 6. The smallest absolute Gasteiger partial charge is 0.0468 e. The molecule has 0 heterocycles. The molecule has 2 nitrogen and oxygen atoms in total. The first-order chi connectivity index (χ1) is 30.3. The Morgan fingerprint density at radius 2 is 0.547 bits per heavy atom. The van der Waals surface area contributed by atoms with Crippen molar-refractivity contribution in [3.05, 3.63) is 192 Å². The molecule has 0 aliphatic carbocycles. The molecule has 0 N–H and O–H groups in total. The Morgan fingerprint density at radius 1 is 0.250 bits per heavy atom. The molecule has 9 aromatic carbocycles. The van der Waals surface area contributed by atoms with Crippen molar-refractivity contribution in [2.45, 2.75) is 105 Å². The van der Waals surface area contributed by atoms with Gasteiger partial charge in [-0.15, -0.1) is 0 Å². The SMILES string of the molecule is CC(C)(C)c1ccc(N(c2ccc3ccccc3c2)c2ccc3c(C(C)(C)C)c4ccc(N(c5ccc(C(C)(C)C)cc5)c5ccc6ccccc6c5)cc4c(C(C)(C)C)c3c2)cc1. The Hall–Kier alpha value is -6.38. The van der Waals surface area contributed by atoms with Crippen LogP contribution in [-0.2, 0) is 21.7 Å². The molecule has 0 amide bonds. The summed E-state index contributed by atoms with van der Waals surface area (Å²) in [7, 11) is 0. The number of nitrogens with zero attached hydrogens (tertiary/aromatic N) is 2. The molecule has 0 aliphatic rings. The molecule has 0 bridgehead atoms. The minimum absolute atomic E-state index is 0.0554. The molecule has 64 heavy (non-hydrogen) atoms. The average Bonchev–Trinajstić information content (AvgIpc) is 3.24. The minimum Gasteiger partial charge on any atom is -0.310 e. The summed E-state index contributed by atoms with van der Waals surface area (Å²) in [5.74, 6) is 0.